The highest BCUT2D eigenvalue weighted by Crippen LogP contribution is 2.38. The summed E-state index contributed by atoms with van der Waals surface area (Å²) in [6.07, 6.45) is -3.67. The number of hydrogen-bond acceptors (Lipinski definition) is 12. The molecule has 2 aliphatic rings. The number of fused-ring (bicyclic) bond motifs is 2. The Hall–Kier alpha value is -6.32. The zero-order valence-corrected chi connectivity index (χ0v) is 33.8. The van der Waals surface area contributed by atoms with Gasteiger partial charge in [0.2, 0.25) is 9.84 Å². The fourth-order valence-electron chi connectivity index (χ4n) is 7.02. The predicted octanol–water partition coefficient (Wildman–Crippen LogP) is 5.97. The highest BCUT2D eigenvalue weighted by molar-refractivity contribution is 7.91. The minimum atomic E-state index is -4.55. The topological polar surface area (TPSA) is 216 Å². The SMILES string of the molecule is CC(C)(C)OC(=O)N[C@H](c1ccccc1)C(O)C1C(=O)c2ccc(S(=O)(=O)c3ccc4c(c3)C(=O)C(C(=O)[C@H](NC(=O)OC(C)(C)C)c3ccccc3)C4=O)cc2C1=O. The van der Waals surface area contributed by atoms with Gasteiger partial charge in [0.05, 0.1) is 21.9 Å². The number of benzene rings is 4. The lowest BCUT2D eigenvalue weighted by Gasteiger charge is -2.29. The lowest BCUT2D eigenvalue weighted by atomic mass is 9.88. The van der Waals surface area contributed by atoms with Crippen molar-refractivity contribution in [2.24, 2.45) is 11.8 Å². The summed E-state index contributed by atoms with van der Waals surface area (Å²) in [6.45, 7) is 9.78. The molecule has 15 heteroatoms. The van der Waals surface area contributed by atoms with Gasteiger partial charge in [0.25, 0.3) is 0 Å². The standard InChI is InChI=1S/C44H42N2O12S/c1-43(2,3)57-41(53)45-33(23-13-9-7-10-14-23)39(51)31-35(47)27-19-17-25(21-29(27)37(31)49)59(55,56)26-18-20-28-30(22-26)38(50)32(36(28)48)40(52)34(24-15-11-8-12-16-24)46-42(54)58-44(4,5)6/h7-22,31-34,39,51H,1-6H3,(H,45,53)(H,46,54)/t31?,32?,33-,34-,39?/m1/s1. The molecule has 5 atom stereocenters. The molecule has 0 radical (unpaired) electrons. The molecule has 3 unspecified atom stereocenters. The summed E-state index contributed by atoms with van der Waals surface area (Å²) < 4.78 is 38.8. The molecule has 0 aromatic heterocycles. The molecule has 0 saturated carbocycles. The average Bonchev–Trinajstić information content (AvgIpc) is 3.57. The van der Waals surface area contributed by atoms with Gasteiger partial charge in [-0.15, -0.1) is 0 Å². The van der Waals surface area contributed by atoms with Crippen LogP contribution in [0.2, 0.25) is 0 Å². The second kappa shape index (κ2) is 15.8. The van der Waals surface area contributed by atoms with Crippen molar-refractivity contribution in [2.45, 2.75) is 80.7 Å². The molecule has 0 bridgehead atoms. The third kappa shape index (κ3) is 8.61. The maximum absolute atomic E-state index is 14.1. The Morgan fingerprint density at radius 3 is 1.53 bits per heavy atom. The molecule has 4 aromatic rings. The maximum Gasteiger partial charge on any atom is 0.408 e. The Balaban J connectivity index is 1.27. The van der Waals surface area contributed by atoms with Crippen molar-refractivity contribution in [3.8, 4) is 0 Å². The number of carbonyl (C=O) groups excluding carboxylic acids is 7. The summed E-state index contributed by atoms with van der Waals surface area (Å²) in [4.78, 5) is 93.6. The molecule has 0 fully saturated rings. The van der Waals surface area contributed by atoms with Gasteiger partial charge in [0.1, 0.15) is 29.1 Å². The van der Waals surface area contributed by atoms with Gasteiger partial charge in [-0.1, -0.05) is 60.7 Å². The van der Waals surface area contributed by atoms with Crippen LogP contribution in [0.5, 0.6) is 0 Å². The van der Waals surface area contributed by atoms with Gasteiger partial charge >= 0.3 is 12.2 Å². The minimum absolute atomic E-state index is 0.147. The molecule has 306 valence electrons. The summed E-state index contributed by atoms with van der Waals surface area (Å²) in [5.74, 6) is -8.10. The van der Waals surface area contributed by atoms with Crippen LogP contribution in [-0.2, 0) is 24.1 Å². The summed E-state index contributed by atoms with van der Waals surface area (Å²) >= 11 is 0. The number of carbonyl (C=O) groups is 7. The highest BCUT2D eigenvalue weighted by atomic mass is 32.2. The van der Waals surface area contributed by atoms with Crippen LogP contribution in [0, 0.1) is 11.8 Å². The number of rotatable bonds is 10. The van der Waals surface area contributed by atoms with Crippen LogP contribution in [0.4, 0.5) is 9.59 Å². The van der Waals surface area contributed by atoms with Crippen molar-refractivity contribution in [3.63, 3.8) is 0 Å². The summed E-state index contributed by atoms with van der Waals surface area (Å²) in [5, 5.41) is 16.6. The van der Waals surface area contributed by atoms with Crippen molar-refractivity contribution in [3.05, 3.63) is 130 Å². The van der Waals surface area contributed by atoms with Gasteiger partial charge in [-0.25, -0.2) is 18.0 Å². The van der Waals surface area contributed by atoms with E-state index in [0.717, 1.165) is 36.4 Å². The van der Waals surface area contributed by atoms with E-state index in [2.05, 4.69) is 10.6 Å². The van der Waals surface area contributed by atoms with Crippen LogP contribution in [0.1, 0.15) is 106 Å². The maximum atomic E-state index is 14.1. The Labute approximate surface area is 340 Å². The molecule has 2 amide bonds. The van der Waals surface area contributed by atoms with Gasteiger partial charge in [0, 0.05) is 22.3 Å². The molecule has 6 rings (SSSR count). The first-order chi connectivity index (χ1) is 27.6. The fraction of sp³-hybridized carbons (Fsp3) is 0.295. The first kappa shape index (κ1) is 42.3. The van der Waals surface area contributed by atoms with E-state index in [9.17, 15) is 47.1 Å². The lowest BCUT2D eigenvalue weighted by Crippen LogP contribution is -2.44. The van der Waals surface area contributed by atoms with Crippen LogP contribution in [0.25, 0.3) is 0 Å². The van der Waals surface area contributed by atoms with Gasteiger partial charge in [-0.3, -0.25) is 24.0 Å². The third-order valence-electron chi connectivity index (χ3n) is 9.63. The molecular weight excluding hydrogens is 781 g/mol. The summed E-state index contributed by atoms with van der Waals surface area (Å²) in [6, 6.07) is 19.8. The highest BCUT2D eigenvalue weighted by Gasteiger charge is 2.49. The number of alkyl carbamates (subject to hydrolysis) is 2. The number of nitrogens with one attached hydrogen (secondary N) is 2. The molecule has 59 heavy (non-hydrogen) atoms. The Morgan fingerprint density at radius 1 is 0.593 bits per heavy atom. The second-order valence-electron chi connectivity index (χ2n) is 16.2. The number of aliphatic hydroxyl groups is 1. The Morgan fingerprint density at radius 2 is 1.02 bits per heavy atom. The van der Waals surface area contributed by atoms with Crippen molar-refractivity contribution in [1.29, 1.82) is 0 Å². The average molecular weight is 823 g/mol. The van der Waals surface area contributed by atoms with Gasteiger partial charge in [0.15, 0.2) is 28.9 Å². The van der Waals surface area contributed by atoms with Crippen molar-refractivity contribution in [2.75, 3.05) is 0 Å². The van der Waals surface area contributed by atoms with Crippen molar-refractivity contribution >= 4 is 50.9 Å². The molecule has 0 aliphatic heterocycles. The van der Waals surface area contributed by atoms with Gasteiger partial charge in [-0.05, 0) is 89.1 Å². The van der Waals surface area contributed by atoms with Crippen molar-refractivity contribution in [1.82, 2.24) is 10.6 Å². The normalized spacial score (nSPS) is 18.0. The number of hydrogen-bond donors (Lipinski definition) is 3. The molecule has 0 heterocycles. The van der Waals surface area contributed by atoms with E-state index in [4.69, 9.17) is 9.47 Å². The lowest BCUT2D eigenvalue weighted by molar-refractivity contribution is -0.122. The van der Waals surface area contributed by atoms with Crippen LogP contribution in [0.3, 0.4) is 0 Å². The third-order valence-corrected chi connectivity index (χ3v) is 11.4. The van der Waals surface area contributed by atoms with E-state index in [1.807, 2.05) is 0 Å². The number of aliphatic hydroxyl groups excluding tert-OH is 1. The zero-order chi connectivity index (χ0) is 43.2. The fourth-order valence-corrected chi connectivity index (χ4v) is 8.33. The second-order valence-corrected chi connectivity index (χ2v) is 18.2. The Bertz CT molecular complexity index is 2500. The van der Waals surface area contributed by atoms with Crippen LogP contribution < -0.4 is 10.6 Å². The number of amides is 2. The molecule has 2 aliphatic carbocycles. The Kier molecular flexibility index (Phi) is 11.3. The predicted molar refractivity (Wildman–Crippen MR) is 211 cm³/mol. The van der Waals surface area contributed by atoms with Crippen LogP contribution in [0.15, 0.2) is 107 Å². The molecule has 14 nitrogen and oxygen atoms in total. The van der Waals surface area contributed by atoms with Crippen molar-refractivity contribution < 1.29 is 56.6 Å². The smallest absolute Gasteiger partial charge is 0.408 e. The van der Waals surface area contributed by atoms with E-state index in [1.54, 1.807) is 90.1 Å². The minimum Gasteiger partial charge on any atom is -0.444 e. The largest absolute Gasteiger partial charge is 0.444 e. The molecule has 4 aromatic carbocycles. The van der Waals surface area contributed by atoms with Crippen LogP contribution >= 0.6 is 0 Å². The summed E-state index contributed by atoms with van der Waals surface area (Å²) in [7, 11) is -4.55. The molecular formula is C44H42N2O12S. The molecule has 0 saturated heterocycles. The molecule has 0 spiro atoms. The number of Topliss-reactive ketones (excluding diaryl/α,β-unsaturated/α-hetero) is 5. The molecule has 3 N–H and O–H groups in total. The van der Waals surface area contributed by atoms with E-state index in [-0.39, 0.29) is 27.8 Å². The van der Waals surface area contributed by atoms with Gasteiger partial charge < -0.3 is 25.2 Å². The van der Waals surface area contributed by atoms with E-state index >= 15 is 0 Å². The quantitative estimate of drug-likeness (QED) is 0.158. The first-order valence-corrected chi connectivity index (χ1v) is 20.1. The van der Waals surface area contributed by atoms with Crippen LogP contribution in [-0.4, -0.2) is 71.9 Å². The summed E-state index contributed by atoms with van der Waals surface area (Å²) in [5.41, 5.74) is -2.15. The number of ketones is 5. The zero-order valence-electron chi connectivity index (χ0n) is 33.0. The monoisotopic (exact) mass is 822 g/mol. The number of sulfone groups is 1. The van der Waals surface area contributed by atoms with E-state index in [1.165, 1.54) is 12.1 Å². The van der Waals surface area contributed by atoms with Gasteiger partial charge in [-0.2, -0.15) is 0 Å². The first-order valence-electron chi connectivity index (χ1n) is 18.6. The van der Waals surface area contributed by atoms with E-state index in [0.29, 0.717) is 5.56 Å². The van der Waals surface area contributed by atoms with E-state index < -0.39 is 102 Å². The number of ether oxygens (including phenoxy) is 2.